The van der Waals surface area contributed by atoms with E-state index in [9.17, 15) is 0 Å². The first-order chi connectivity index (χ1) is 8.27. The van der Waals surface area contributed by atoms with Crippen molar-refractivity contribution in [2.75, 3.05) is 12.3 Å². The molecule has 0 saturated heterocycles. The Balaban J connectivity index is 1.80. The van der Waals surface area contributed by atoms with Crippen molar-refractivity contribution >= 4 is 17.0 Å². The first-order valence-electron chi connectivity index (χ1n) is 5.71. The maximum Gasteiger partial charge on any atom is 0.0720 e. The van der Waals surface area contributed by atoms with Crippen molar-refractivity contribution in [1.29, 1.82) is 0 Å². The lowest BCUT2D eigenvalue weighted by atomic mass is 10.1. The van der Waals surface area contributed by atoms with Crippen molar-refractivity contribution in [1.82, 2.24) is 0 Å². The van der Waals surface area contributed by atoms with Crippen molar-refractivity contribution in [3.8, 4) is 0 Å². The number of hydrogen-bond donors (Lipinski definition) is 1. The minimum Gasteiger partial charge on any atom is -0.399 e. The molecule has 0 aliphatic rings. The van der Waals surface area contributed by atoms with Gasteiger partial charge in [-0.2, -0.15) is 0 Å². The van der Waals surface area contributed by atoms with Gasteiger partial charge in [0.1, 0.15) is 0 Å². The van der Waals surface area contributed by atoms with Gasteiger partial charge in [0.2, 0.25) is 0 Å². The van der Waals surface area contributed by atoms with Gasteiger partial charge in [0.05, 0.1) is 13.2 Å². The summed E-state index contributed by atoms with van der Waals surface area (Å²) in [5, 5.41) is 2.09. The first kappa shape index (κ1) is 12.1. The summed E-state index contributed by atoms with van der Waals surface area (Å²) in [5.74, 6) is 0. The third kappa shape index (κ3) is 3.32. The van der Waals surface area contributed by atoms with Gasteiger partial charge in [-0.3, -0.25) is 0 Å². The molecular weight excluding hydrogens is 230 g/mol. The summed E-state index contributed by atoms with van der Waals surface area (Å²) in [5.41, 5.74) is 8.99. The van der Waals surface area contributed by atoms with Crippen LogP contribution in [0.25, 0.3) is 0 Å². The SMILES string of the molecule is Cc1c(N)cccc1COCCc1cccs1. The zero-order valence-electron chi connectivity index (χ0n) is 9.98. The number of nitrogen functional groups attached to an aromatic ring is 1. The Morgan fingerprint density at radius 3 is 2.88 bits per heavy atom. The normalized spacial score (nSPS) is 10.6. The molecule has 0 aliphatic carbocycles. The zero-order chi connectivity index (χ0) is 12.1. The highest BCUT2D eigenvalue weighted by molar-refractivity contribution is 7.09. The lowest BCUT2D eigenvalue weighted by molar-refractivity contribution is 0.124. The number of benzene rings is 1. The molecule has 2 nitrogen and oxygen atoms in total. The minimum absolute atomic E-state index is 0.641. The van der Waals surface area contributed by atoms with Gasteiger partial charge in [0, 0.05) is 17.0 Å². The molecule has 0 unspecified atom stereocenters. The molecule has 1 heterocycles. The molecule has 1 aromatic carbocycles. The summed E-state index contributed by atoms with van der Waals surface area (Å²) in [6.07, 6.45) is 0.985. The molecule has 0 spiro atoms. The van der Waals surface area contributed by atoms with Crippen LogP contribution in [0.2, 0.25) is 0 Å². The molecular formula is C14H17NOS. The monoisotopic (exact) mass is 247 g/mol. The van der Waals surface area contributed by atoms with Crippen LogP contribution in [0, 0.1) is 6.92 Å². The Kier molecular flexibility index (Phi) is 4.18. The van der Waals surface area contributed by atoms with Crippen LogP contribution >= 0.6 is 11.3 Å². The number of thiophene rings is 1. The van der Waals surface area contributed by atoms with E-state index in [0.717, 1.165) is 24.3 Å². The number of rotatable bonds is 5. The number of anilines is 1. The zero-order valence-corrected chi connectivity index (χ0v) is 10.8. The summed E-state index contributed by atoms with van der Waals surface area (Å²) < 4.78 is 5.68. The van der Waals surface area contributed by atoms with Gasteiger partial charge in [-0.05, 0) is 35.6 Å². The fraction of sp³-hybridized carbons (Fsp3) is 0.286. The van der Waals surface area contributed by atoms with Crippen molar-refractivity contribution in [3.63, 3.8) is 0 Å². The molecule has 0 bridgehead atoms. The van der Waals surface area contributed by atoms with E-state index >= 15 is 0 Å². The highest BCUT2D eigenvalue weighted by Gasteiger charge is 2.01. The second-order valence-corrected chi connectivity index (χ2v) is 5.05. The van der Waals surface area contributed by atoms with Crippen LogP contribution in [0.5, 0.6) is 0 Å². The fourth-order valence-corrected chi connectivity index (χ4v) is 2.36. The molecule has 2 aromatic rings. The molecule has 3 heteroatoms. The van der Waals surface area contributed by atoms with E-state index in [1.807, 2.05) is 19.1 Å². The average molecular weight is 247 g/mol. The molecule has 0 amide bonds. The van der Waals surface area contributed by atoms with Crippen LogP contribution in [0.15, 0.2) is 35.7 Å². The molecule has 0 radical (unpaired) electrons. The predicted molar refractivity (Wildman–Crippen MR) is 73.3 cm³/mol. The van der Waals surface area contributed by atoms with Crippen molar-refractivity contribution in [3.05, 3.63) is 51.7 Å². The van der Waals surface area contributed by atoms with Crippen LogP contribution in [0.3, 0.4) is 0 Å². The van der Waals surface area contributed by atoms with Crippen LogP contribution in [-0.2, 0) is 17.8 Å². The second kappa shape index (κ2) is 5.84. The van der Waals surface area contributed by atoms with Crippen molar-refractivity contribution in [2.45, 2.75) is 20.0 Å². The molecule has 17 heavy (non-hydrogen) atoms. The van der Waals surface area contributed by atoms with Gasteiger partial charge in [0.15, 0.2) is 0 Å². The summed E-state index contributed by atoms with van der Waals surface area (Å²) in [6.45, 7) is 3.43. The van der Waals surface area contributed by atoms with E-state index in [2.05, 4.69) is 23.6 Å². The maximum absolute atomic E-state index is 5.85. The van der Waals surface area contributed by atoms with Gasteiger partial charge in [-0.15, -0.1) is 11.3 Å². The first-order valence-corrected chi connectivity index (χ1v) is 6.59. The van der Waals surface area contributed by atoms with Gasteiger partial charge in [0.25, 0.3) is 0 Å². The molecule has 0 atom stereocenters. The molecule has 0 fully saturated rings. The Hall–Kier alpha value is -1.32. The summed E-state index contributed by atoms with van der Waals surface area (Å²) in [6, 6.07) is 10.2. The quantitative estimate of drug-likeness (QED) is 0.649. The van der Waals surface area contributed by atoms with Gasteiger partial charge >= 0.3 is 0 Å². The second-order valence-electron chi connectivity index (χ2n) is 4.01. The summed E-state index contributed by atoms with van der Waals surface area (Å²) >= 11 is 1.77. The van der Waals surface area contributed by atoms with Crippen LogP contribution < -0.4 is 5.73 Å². The van der Waals surface area contributed by atoms with Crippen LogP contribution in [0.4, 0.5) is 5.69 Å². The number of ether oxygens (including phenoxy) is 1. The van der Waals surface area contributed by atoms with E-state index < -0.39 is 0 Å². The largest absolute Gasteiger partial charge is 0.399 e. The van der Waals surface area contributed by atoms with Gasteiger partial charge in [-0.1, -0.05) is 18.2 Å². The summed E-state index contributed by atoms with van der Waals surface area (Å²) in [7, 11) is 0. The predicted octanol–water partition coefficient (Wildman–Crippen LogP) is 3.40. The summed E-state index contributed by atoms with van der Waals surface area (Å²) in [4.78, 5) is 1.37. The minimum atomic E-state index is 0.641. The highest BCUT2D eigenvalue weighted by atomic mass is 32.1. The smallest absolute Gasteiger partial charge is 0.0720 e. The average Bonchev–Trinajstić information content (AvgIpc) is 2.83. The van der Waals surface area contributed by atoms with Crippen molar-refractivity contribution in [2.24, 2.45) is 0 Å². The van der Waals surface area contributed by atoms with Gasteiger partial charge < -0.3 is 10.5 Å². The molecule has 2 rings (SSSR count). The number of hydrogen-bond acceptors (Lipinski definition) is 3. The van der Waals surface area contributed by atoms with E-state index in [1.54, 1.807) is 11.3 Å². The maximum atomic E-state index is 5.85. The topological polar surface area (TPSA) is 35.2 Å². The van der Waals surface area contributed by atoms with E-state index in [-0.39, 0.29) is 0 Å². The molecule has 90 valence electrons. The Morgan fingerprint density at radius 1 is 1.24 bits per heavy atom. The number of nitrogens with two attached hydrogens (primary N) is 1. The highest BCUT2D eigenvalue weighted by Crippen LogP contribution is 2.16. The molecule has 0 aliphatic heterocycles. The molecule has 0 saturated carbocycles. The van der Waals surface area contributed by atoms with Crippen molar-refractivity contribution < 1.29 is 4.74 Å². The Labute approximate surface area is 106 Å². The van der Waals surface area contributed by atoms with Crippen LogP contribution in [-0.4, -0.2) is 6.61 Å². The lowest BCUT2D eigenvalue weighted by Crippen LogP contribution is -2.01. The van der Waals surface area contributed by atoms with E-state index in [4.69, 9.17) is 10.5 Å². The van der Waals surface area contributed by atoms with Gasteiger partial charge in [-0.25, -0.2) is 0 Å². The van der Waals surface area contributed by atoms with Crippen LogP contribution in [0.1, 0.15) is 16.0 Å². The Morgan fingerprint density at radius 2 is 2.12 bits per heavy atom. The van der Waals surface area contributed by atoms with E-state index in [0.29, 0.717) is 6.61 Å². The molecule has 1 aromatic heterocycles. The molecule has 2 N–H and O–H groups in total. The Bertz CT molecular complexity index is 465. The van der Waals surface area contributed by atoms with E-state index in [1.165, 1.54) is 10.4 Å². The fourth-order valence-electron chi connectivity index (χ4n) is 1.67. The third-order valence-electron chi connectivity index (χ3n) is 2.82. The lowest BCUT2D eigenvalue weighted by Gasteiger charge is -2.08. The third-order valence-corrected chi connectivity index (χ3v) is 3.75. The standard InChI is InChI=1S/C14H17NOS/c1-11-12(4-2-6-14(11)15)10-16-8-7-13-5-3-9-17-13/h2-6,9H,7-8,10,15H2,1H3.